The van der Waals surface area contributed by atoms with E-state index in [9.17, 15) is 14.4 Å². The topological polar surface area (TPSA) is 100 Å². The van der Waals surface area contributed by atoms with E-state index in [1.807, 2.05) is 38.1 Å². The van der Waals surface area contributed by atoms with Gasteiger partial charge in [-0.05, 0) is 31.9 Å². The molecule has 0 bridgehead atoms. The molecule has 0 radical (unpaired) electrons. The van der Waals surface area contributed by atoms with Crippen molar-refractivity contribution in [2.24, 2.45) is 5.92 Å². The van der Waals surface area contributed by atoms with Gasteiger partial charge in [0.25, 0.3) is 17.4 Å². The number of hydrogen-bond acceptors (Lipinski definition) is 4. The minimum atomic E-state index is -0.538. The fourth-order valence-corrected chi connectivity index (χ4v) is 3.28. The van der Waals surface area contributed by atoms with Crippen LogP contribution in [0.25, 0.3) is 0 Å². The van der Waals surface area contributed by atoms with Crippen LogP contribution in [0.15, 0.2) is 41.3 Å². The number of nitrogens with one attached hydrogen (secondary N) is 2. The Bertz CT molecular complexity index is 966. The first-order valence-corrected chi connectivity index (χ1v) is 9.32. The zero-order valence-electron chi connectivity index (χ0n) is 16.2. The molecule has 0 saturated heterocycles. The Kier molecular flexibility index (Phi) is 5.65. The summed E-state index contributed by atoms with van der Waals surface area (Å²) in [7, 11) is 1.44. The number of benzene rings is 1. The highest BCUT2D eigenvalue weighted by molar-refractivity contribution is 5.99. The zero-order chi connectivity index (χ0) is 20.4. The molecule has 0 spiro atoms. The number of aryl methyl sites for hydroxylation is 1. The highest BCUT2D eigenvalue weighted by Crippen LogP contribution is 2.29. The molecule has 2 unspecified atom stereocenters. The number of carbonyl (C=O) groups excluding carboxylic acids is 2. The van der Waals surface area contributed by atoms with Gasteiger partial charge in [0.1, 0.15) is 5.56 Å². The van der Waals surface area contributed by atoms with Crippen LogP contribution >= 0.6 is 0 Å². The van der Waals surface area contributed by atoms with Gasteiger partial charge in [-0.25, -0.2) is 0 Å². The van der Waals surface area contributed by atoms with Crippen LogP contribution in [-0.2, 0) is 0 Å². The van der Waals surface area contributed by atoms with E-state index in [4.69, 9.17) is 5.11 Å². The third kappa shape index (κ3) is 3.99. The minimum Gasteiger partial charge on any atom is -0.396 e. The summed E-state index contributed by atoms with van der Waals surface area (Å²) >= 11 is 0. The van der Waals surface area contributed by atoms with Crippen molar-refractivity contribution >= 4 is 11.8 Å². The number of carbonyl (C=O) groups is 2. The number of aliphatic hydroxyl groups excluding tert-OH is 1. The van der Waals surface area contributed by atoms with Crippen LogP contribution in [0.1, 0.15) is 51.2 Å². The van der Waals surface area contributed by atoms with E-state index in [1.165, 1.54) is 23.9 Å². The number of hydrogen-bond donors (Lipinski definition) is 3. The number of aromatic nitrogens is 1. The SMILES string of the molecule is CNC(=O)c1cc(C(=O)NC2CC2CO)cn([C@@H](C)c2cccc(C)c2)c1=O. The number of amides is 2. The molecule has 0 aliphatic heterocycles. The molecule has 3 N–H and O–H groups in total. The maximum absolute atomic E-state index is 12.9. The van der Waals surface area contributed by atoms with Gasteiger partial charge in [-0.2, -0.15) is 0 Å². The molecule has 1 fully saturated rings. The third-order valence-corrected chi connectivity index (χ3v) is 5.19. The van der Waals surface area contributed by atoms with Gasteiger partial charge in [0, 0.05) is 31.8 Å². The van der Waals surface area contributed by atoms with Gasteiger partial charge in [0.15, 0.2) is 0 Å². The molecule has 2 aromatic rings. The molecule has 148 valence electrons. The summed E-state index contributed by atoms with van der Waals surface area (Å²) in [6.07, 6.45) is 2.22. The van der Waals surface area contributed by atoms with Crippen LogP contribution in [0.5, 0.6) is 0 Å². The van der Waals surface area contributed by atoms with Gasteiger partial charge in [-0.15, -0.1) is 0 Å². The second-order valence-corrected chi connectivity index (χ2v) is 7.28. The standard InChI is InChI=1S/C21H25N3O4/c1-12-5-4-6-14(7-12)13(2)24-10-15(8-17(21(24)28)20(27)22-3)19(26)23-18-9-16(18)11-25/h4-8,10,13,16,18,25H,9,11H2,1-3H3,(H,22,27)(H,23,26)/t13-,16?,18?/m0/s1. The van der Waals surface area contributed by atoms with Gasteiger partial charge in [-0.1, -0.05) is 29.8 Å². The van der Waals surface area contributed by atoms with Crippen molar-refractivity contribution in [3.8, 4) is 0 Å². The Morgan fingerprint density at radius 3 is 2.64 bits per heavy atom. The summed E-state index contributed by atoms with van der Waals surface area (Å²) < 4.78 is 1.42. The lowest BCUT2D eigenvalue weighted by Crippen LogP contribution is -2.35. The van der Waals surface area contributed by atoms with E-state index in [0.29, 0.717) is 0 Å². The van der Waals surface area contributed by atoms with E-state index in [0.717, 1.165) is 17.5 Å². The van der Waals surface area contributed by atoms with Crippen molar-refractivity contribution in [2.75, 3.05) is 13.7 Å². The summed E-state index contributed by atoms with van der Waals surface area (Å²) in [6, 6.07) is 8.65. The van der Waals surface area contributed by atoms with E-state index in [-0.39, 0.29) is 41.6 Å². The molecule has 1 aromatic heterocycles. The average Bonchev–Trinajstić information content (AvgIpc) is 3.45. The molecule has 1 heterocycles. The van der Waals surface area contributed by atoms with Gasteiger partial charge in [-0.3, -0.25) is 14.4 Å². The van der Waals surface area contributed by atoms with E-state index < -0.39 is 11.5 Å². The quantitative estimate of drug-likeness (QED) is 0.699. The molecule has 1 saturated carbocycles. The van der Waals surface area contributed by atoms with Crippen LogP contribution in [0.3, 0.4) is 0 Å². The monoisotopic (exact) mass is 383 g/mol. The normalized spacial score (nSPS) is 19.0. The first-order valence-electron chi connectivity index (χ1n) is 9.32. The van der Waals surface area contributed by atoms with Crippen molar-refractivity contribution in [1.82, 2.24) is 15.2 Å². The van der Waals surface area contributed by atoms with Crippen LogP contribution in [0.2, 0.25) is 0 Å². The molecule has 28 heavy (non-hydrogen) atoms. The smallest absolute Gasteiger partial charge is 0.264 e. The lowest BCUT2D eigenvalue weighted by molar-refractivity contribution is 0.0946. The molecule has 1 aliphatic carbocycles. The van der Waals surface area contributed by atoms with Crippen molar-refractivity contribution in [1.29, 1.82) is 0 Å². The zero-order valence-corrected chi connectivity index (χ0v) is 16.2. The van der Waals surface area contributed by atoms with Gasteiger partial charge in [0.05, 0.1) is 11.6 Å². The second kappa shape index (κ2) is 7.98. The Labute approximate surface area is 163 Å². The van der Waals surface area contributed by atoms with Crippen molar-refractivity contribution in [3.63, 3.8) is 0 Å². The van der Waals surface area contributed by atoms with Crippen LogP contribution < -0.4 is 16.2 Å². The van der Waals surface area contributed by atoms with Crippen LogP contribution in [0.4, 0.5) is 0 Å². The largest absolute Gasteiger partial charge is 0.396 e. The minimum absolute atomic E-state index is 0.0261. The summed E-state index contributed by atoms with van der Waals surface area (Å²) in [5.41, 5.74) is 1.67. The fraction of sp³-hybridized carbons (Fsp3) is 0.381. The maximum atomic E-state index is 12.9. The number of aliphatic hydroxyl groups is 1. The number of nitrogens with zero attached hydrogens (tertiary/aromatic N) is 1. The Balaban J connectivity index is 2.02. The Hall–Kier alpha value is -2.93. The molecular formula is C21H25N3O4. The third-order valence-electron chi connectivity index (χ3n) is 5.19. The molecule has 1 aliphatic rings. The van der Waals surface area contributed by atoms with Crippen molar-refractivity contribution < 1.29 is 14.7 Å². The van der Waals surface area contributed by atoms with E-state index in [1.54, 1.807) is 0 Å². The molecule has 3 rings (SSSR count). The number of rotatable bonds is 6. The Morgan fingerprint density at radius 1 is 1.29 bits per heavy atom. The molecule has 1 aromatic carbocycles. The lowest BCUT2D eigenvalue weighted by Gasteiger charge is -2.18. The molecule has 2 amide bonds. The Morgan fingerprint density at radius 2 is 2.04 bits per heavy atom. The van der Waals surface area contributed by atoms with E-state index in [2.05, 4.69) is 10.6 Å². The summed E-state index contributed by atoms with van der Waals surface area (Å²) in [5.74, 6) is -0.833. The van der Waals surface area contributed by atoms with Crippen LogP contribution in [0, 0.1) is 12.8 Å². The van der Waals surface area contributed by atoms with Crippen LogP contribution in [-0.4, -0.2) is 41.2 Å². The highest BCUT2D eigenvalue weighted by Gasteiger charge is 2.37. The highest BCUT2D eigenvalue weighted by atomic mass is 16.3. The van der Waals surface area contributed by atoms with E-state index >= 15 is 0 Å². The first-order chi connectivity index (χ1) is 13.3. The first kappa shape index (κ1) is 19.8. The molecular weight excluding hydrogens is 358 g/mol. The van der Waals surface area contributed by atoms with Gasteiger partial charge >= 0.3 is 0 Å². The second-order valence-electron chi connectivity index (χ2n) is 7.28. The van der Waals surface area contributed by atoms with Crippen molar-refractivity contribution in [3.05, 3.63) is 69.1 Å². The summed E-state index contributed by atoms with van der Waals surface area (Å²) in [5, 5.41) is 14.5. The lowest BCUT2D eigenvalue weighted by atomic mass is 10.0. The molecule has 7 heteroatoms. The maximum Gasteiger partial charge on any atom is 0.264 e. The summed E-state index contributed by atoms with van der Waals surface area (Å²) in [6.45, 7) is 3.85. The van der Waals surface area contributed by atoms with Gasteiger partial charge in [0.2, 0.25) is 0 Å². The predicted octanol–water partition coefficient (Wildman–Crippen LogP) is 1.24. The van der Waals surface area contributed by atoms with Gasteiger partial charge < -0.3 is 20.3 Å². The number of pyridine rings is 1. The van der Waals surface area contributed by atoms with Crippen molar-refractivity contribution in [2.45, 2.75) is 32.4 Å². The predicted molar refractivity (Wildman–Crippen MR) is 106 cm³/mol. The molecule has 7 nitrogen and oxygen atoms in total. The summed E-state index contributed by atoms with van der Waals surface area (Å²) in [4.78, 5) is 37.8. The fourth-order valence-electron chi connectivity index (χ4n) is 3.28. The average molecular weight is 383 g/mol. The molecule has 3 atom stereocenters.